The smallest absolute Gasteiger partial charge is 0.255 e. The van der Waals surface area contributed by atoms with Crippen LogP contribution in [0.3, 0.4) is 0 Å². The van der Waals surface area contributed by atoms with Crippen molar-refractivity contribution in [2.24, 2.45) is 0 Å². The molecule has 0 aromatic carbocycles. The molecule has 5 heteroatoms. The second-order valence-corrected chi connectivity index (χ2v) is 4.50. The largest absolute Gasteiger partial charge is 0.317 e. The van der Waals surface area contributed by atoms with Crippen molar-refractivity contribution in [3.63, 3.8) is 0 Å². The summed E-state index contributed by atoms with van der Waals surface area (Å²) < 4.78 is 0. The maximum atomic E-state index is 11.8. The fourth-order valence-corrected chi connectivity index (χ4v) is 2.49. The molecule has 0 unspecified atom stereocenters. The molecule has 0 saturated carbocycles. The molecule has 86 valence electrons. The van der Waals surface area contributed by atoms with Gasteiger partial charge in [-0.15, -0.1) is 0 Å². The van der Waals surface area contributed by atoms with E-state index in [4.69, 9.17) is 0 Å². The van der Waals surface area contributed by atoms with E-state index in [-0.39, 0.29) is 5.56 Å². The molecular formula is C11H16N4O. The van der Waals surface area contributed by atoms with Gasteiger partial charge in [-0.05, 0) is 25.9 Å². The fourth-order valence-electron chi connectivity index (χ4n) is 2.49. The first kappa shape index (κ1) is 9.99. The monoisotopic (exact) mass is 220 g/mol. The van der Waals surface area contributed by atoms with Crippen molar-refractivity contribution in [3.05, 3.63) is 27.4 Å². The lowest BCUT2D eigenvalue weighted by Gasteiger charge is -2.21. The summed E-state index contributed by atoms with van der Waals surface area (Å²) in [6.07, 6.45) is 2.13. The van der Waals surface area contributed by atoms with E-state index in [0.29, 0.717) is 12.5 Å². The van der Waals surface area contributed by atoms with Gasteiger partial charge < -0.3 is 15.6 Å². The van der Waals surface area contributed by atoms with Gasteiger partial charge in [-0.25, -0.2) is 4.98 Å². The normalized spacial score (nSPS) is 21.0. The van der Waals surface area contributed by atoms with Gasteiger partial charge >= 0.3 is 0 Å². The van der Waals surface area contributed by atoms with Gasteiger partial charge in [-0.3, -0.25) is 4.79 Å². The number of nitrogens with zero attached hydrogens (tertiary/aromatic N) is 1. The molecule has 0 bridgehead atoms. The molecule has 5 nitrogen and oxygen atoms in total. The van der Waals surface area contributed by atoms with E-state index in [2.05, 4.69) is 20.6 Å². The van der Waals surface area contributed by atoms with Crippen LogP contribution in [0.2, 0.25) is 0 Å². The summed E-state index contributed by atoms with van der Waals surface area (Å²) in [5, 5.41) is 6.48. The number of fused-ring (bicyclic) bond motifs is 1. The lowest BCUT2D eigenvalue weighted by Crippen LogP contribution is -2.29. The van der Waals surface area contributed by atoms with Crippen LogP contribution in [-0.4, -0.2) is 23.1 Å². The maximum absolute atomic E-state index is 11.8. The zero-order valence-electron chi connectivity index (χ0n) is 9.18. The minimum Gasteiger partial charge on any atom is -0.317 e. The molecule has 1 fully saturated rings. The van der Waals surface area contributed by atoms with Crippen molar-refractivity contribution in [2.45, 2.75) is 31.8 Å². The Morgan fingerprint density at radius 2 is 1.94 bits per heavy atom. The van der Waals surface area contributed by atoms with Crippen LogP contribution in [0, 0.1) is 0 Å². The minimum atomic E-state index is 0.0449. The quantitative estimate of drug-likeness (QED) is 0.615. The van der Waals surface area contributed by atoms with E-state index in [1.165, 1.54) is 0 Å². The Balaban J connectivity index is 1.96. The van der Waals surface area contributed by atoms with E-state index in [0.717, 1.165) is 49.6 Å². The molecule has 1 saturated heterocycles. The van der Waals surface area contributed by atoms with Crippen LogP contribution in [-0.2, 0) is 13.1 Å². The highest BCUT2D eigenvalue weighted by Crippen LogP contribution is 2.22. The van der Waals surface area contributed by atoms with E-state index in [9.17, 15) is 4.79 Å². The summed E-state index contributed by atoms with van der Waals surface area (Å²) in [7, 11) is 0. The standard InChI is InChI=1S/C11H16N4O/c16-11-8-5-13-6-9(8)14-10(15-11)7-1-3-12-4-2-7/h7,12-13H,1-6H2,(H,14,15,16). The van der Waals surface area contributed by atoms with Crippen molar-refractivity contribution in [3.8, 4) is 0 Å². The fraction of sp³-hybridized carbons (Fsp3) is 0.636. The topological polar surface area (TPSA) is 69.8 Å². The highest BCUT2D eigenvalue weighted by atomic mass is 16.1. The Hall–Kier alpha value is -1.20. The zero-order valence-corrected chi connectivity index (χ0v) is 9.18. The molecule has 0 atom stereocenters. The van der Waals surface area contributed by atoms with Crippen molar-refractivity contribution >= 4 is 0 Å². The molecule has 2 aliphatic heterocycles. The van der Waals surface area contributed by atoms with Gasteiger partial charge in [0.25, 0.3) is 5.56 Å². The Labute approximate surface area is 93.7 Å². The molecule has 0 amide bonds. The van der Waals surface area contributed by atoms with Crippen LogP contribution < -0.4 is 16.2 Å². The van der Waals surface area contributed by atoms with Crippen LogP contribution in [0.25, 0.3) is 0 Å². The molecule has 1 aromatic rings. The molecule has 3 rings (SSSR count). The first-order chi connectivity index (χ1) is 7.84. The number of aromatic amines is 1. The SMILES string of the molecule is O=c1[nH]c(C2CCNCC2)nc2c1CNC2. The van der Waals surface area contributed by atoms with Crippen LogP contribution >= 0.6 is 0 Å². The maximum Gasteiger partial charge on any atom is 0.255 e. The average Bonchev–Trinajstić information content (AvgIpc) is 2.79. The number of rotatable bonds is 1. The number of piperidine rings is 1. The predicted molar refractivity (Wildman–Crippen MR) is 60.2 cm³/mol. The van der Waals surface area contributed by atoms with Crippen molar-refractivity contribution in [1.82, 2.24) is 20.6 Å². The summed E-state index contributed by atoms with van der Waals surface area (Å²) in [5.41, 5.74) is 1.80. The van der Waals surface area contributed by atoms with Gasteiger partial charge in [-0.1, -0.05) is 0 Å². The van der Waals surface area contributed by atoms with Gasteiger partial charge in [0.05, 0.1) is 11.3 Å². The van der Waals surface area contributed by atoms with E-state index in [1.807, 2.05) is 0 Å². The third kappa shape index (κ3) is 1.66. The number of hydrogen-bond donors (Lipinski definition) is 3. The van der Waals surface area contributed by atoms with Gasteiger partial charge in [0.15, 0.2) is 0 Å². The first-order valence-electron chi connectivity index (χ1n) is 5.88. The van der Waals surface area contributed by atoms with Crippen molar-refractivity contribution in [2.75, 3.05) is 13.1 Å². The third-order valence-electron chi connectivity index (χ3n) is 3.44. The Morgan fingerprint density at radius 3 is 2.75 bits per heavy atom. The van der Waals surface area contributed by atoms with Gasteiger partial charge in [-0.2, -0.15) is 0 Å². The molecule has 1 aromatic heterocycles. The molecule has 16 heavy (non-hydrogen) atoms. The number of hydrogen-bond acceptors (Lipinski definition) is 4. The van der Waals surface area contributed by atoms with E-state index < -0.39 is 0 Å². The minimum absolute atomic E-state index is 0.0449. The summed E-state index contributed by atoms with van der Waals surface area (Å²) in [5.74, 6) is 1.30. The molecule has 2 aliphatic rings. The van der Waals surface area contributed by atoms with Crippen LogP contribution in [0.1, 0.15) is 35.8 Å². The predicted octanol–water partition coefficient (Wildman–Crippen LogP) is -0.160. The Kier molecular flexibility index (Phi) is 2.49. The first-order valence-corrected chi connectivity index (χ1v) is 5.88. The van der Waals surface area contributed by atoms with Crippen molar-refractivity contribution in [1.29, 1.82) is 0 Å². The summed E-state index contributed by atoms with van der Waals surface area (Å²) >= 11 is 0. The average molecular weight is 220 g/mol. The third-order valence-corrected chi connectivity index (χ3v) is 3.44. The Bertz CT molecular complexity index is 448. The summed E-state index contributed by atoms with van der Waals surface area (Å²) in [6.45, 7) is 3.43. The molecule has 3 heterocycles. The van der Waals surface area contributed by atoms with Gasteiger partial charge in [0.1, 0.15) is 5.82 Å². The summed E-state index contributed by atoms with van der Waals surface area (Å²) in [6, 6.07) is 0. The Morgan fingerprint density at radius 1 is 1.12 bits per heavy atom. The van der Waals surface area contributed by atoms with Crippen LogP contribution in [0.5, 0.6) is 0 Å². The lowest BCUT2D eigenvalue weighted by molar-refractivity contribution is 0.443. The second-order valence-electron chi connectivity index (χ2n) is 4.50. The molecular weight excluding hydrogens is 204 g/mol. The zero-order chi connectivity index (χ0) is 11.0. The van der Waals surface area contributed by atoms with Crippen LogP contribution in [0.4, 0.5) is 0 Å². The molecule has 3 N–H and O–H groups in total. The molecule has 0 aliphatic carbocycles. The van der Waals surface area contributed by atoms with E-state index >= 15 is 0 Å². The highest BCUT2D eigenvalue weighted by molar-refractivity contribution is 5.22. The summed E-state index contributed by atoms with van der Waals surface area (Å²) in [4.78, 5) is 19.4. The number of nitrogens with one attached hydrogen (secondary N) is 3. The number of H-pyrrole nitrogens is 1. The van der Waals surface area contributed by atoms with Gasteiger partial charge in [0, 0.05) is 19.0 Å². The highest BCUT2D eigenvalue weighted by Gasteiger charge is 2.22. The van der Waals surface area contributed by atoms with E-state index in [1.54, 1.807) is 0 Å². The molecule has 0 radical (unpaired) electrons. The van der Waals surface area contributed by atoms with Crippen molar-refractivity contribution < 1.29 is 0 Å². The number of aromatic nitrogens is 2. The van der Waals surface area contributed by atoms with Gasteiger partial charge in [0.2, 0.25) is 0 Å². The molecule has 0 spiro atoms. The van der Waals surface area contributed by atoms with Crippen LogP contribution in [0.15, 0.2) is 4.79 Å². The second kappa shape index (κ2) is 3.99. The lowest BCUT2D eigenvalue weighted by atomic mass is 9.97.